The molecular formula is C27H25ClN2O6S. The number of ether oxygens (including phenoxy) is 5. The van der Waals surface area contributed by atoms with Crippen molar-refractivity contribution in [2.24, 2.45) is 0 Å². The van der Waals surface area contributed by atoms with E-state index in [4.69, 9.17) is 35.3 Å². The van der Waals surface area contributed by atoms with Crippen molar-refractivity contribution in [3.63, 3.8) is 0 Å². The number of hydrogen-bond acceptors (Lipinski definition) is 8. The summed E-state index contributed by atoms with van der Waals surface area (Å²) < 4.78 is 28.3. The standard InChI is InChI=1S/C27H25ClN2O6S/c1-32-20-9-7-16(5-6-17-12-22(33-2)26(35-4)23(13-17)34-3)11-21(20)36-15-25(31)30-27-29-19-14-18(28)8-10-24(19)37-27/h5-14H,15H2,1-4H3,(H,29,30,31)/b6-5-. The zero-order valence-electron chi connectivity index (χ0n) is 20.7. The number of hydrogen-bond donors (Lipinski definition) is 1. The number of anilines is 1. The molecule has 1 N–H and O–H groups in total. The molecule has 1 heterocycles. The summed E-state index contributed by atoms with van der Waals surface area (Å²) >= 11 is 7.37. The number of nitrogens with zero attached hydrogens (tertiary/aromatic N) is 1. The summed E-state index contributed by atoms with van der Waals surface area (Å²) in [4.78, 5) is 16.9. The van der Waals surface area contributed by atoms with Crippen LogP contribution in [0.5, 0.6) is 28.7 Å². The van der Waals surface area contributed by atoms with Gasteiger partial charge >= 0.3 is 0 Å². The fourth-order valence-electron chi connectivity index (χ4n) is 3.55. The van der Waals surface area contributed by atoms with Crippen molar-refractivity contribution in [2.45, 2.75) is 0 Å². The molecule has 4 rings (SSSR count). The Labute approximate surface area is 223 Å². The molecule has 1 aromatic heterocycles. The third-order valence-corrected chi connectivity index (χ3v) is 6.48. The molecule has 10 heteroatoms. The van der Waals surface area contributed by atoms with Crippen LogP contribution in [0.15, 0.2) is 48.5 Å². The highest BCUT2D eigenvalue weighted by Gasteiger charge is 2.13. The minimum Gasteiger partial charge on any atom is -0.493 e. The highest BCUT2D eigenvalue weighted by Crippen LogP contribution is 2.39. The van der Waals surface area contributed by atoms with Gasteiger partial charge in [0.2, 0.25) is 5.75 Å². The van der Waals surface area contributed by atoms with Gasteiger partial charge in [-0.2, -0.15) is 0 Å². The lowest BCUT2D eigenvalue weighted by atomic mass is 10.1. The number of aromatic nitrogens is 1. The van der Waals surface area contributed by atoms with Gasteiger partial charge in [-0.05, 0) is 53.6 Å². The second kappa shape index (κ2) is 11.9. The third kappa shape index (κ3) is 6.25. The zero-order chi connectivity index (χ0) is 26.4. The number of rotatable bonds is 10. The maximum atomic E-state index is 12.5. The maximum Gasteiger partial charge on any atom is 0.264 e. The Hall–Kier alpha value is -3.95. The molecule has 3 aromatic carbocycles. The molecule has 192 valence electrons. The first-order valence-corrected chi connectivity index (χ1v) is 12.3. The Kier molecular flexibility index (Phi) is 8.37. The first kappa shape index (κ1) is 26.1. The lowest BCUT2D eigenvalue weighted by Gasteiger charge is -2.13. The van der Waals surface area contributed by atoms with Gasteiger partial charge in [-0.3, -0.25) is 10.1 Å². The molecule has 4 aromatic rings. The van der Waals surface area contributed by atoms with Crippen LogP contribution in [0.3, 0.4) is 0 Å². The fraction of sp³-hybridized carbons (Fsp3) is 0.185. The number of carbonyl (C=O) groups excluding carboxylic acids is 1. The van der Waals surface area contributed by atoms with Gasteiger partial charge in [-0.15, -0.1) is 0 Å². The van der Waals surface area contributed by atoms with E-state index in [9.17, 15) is 4.79 Å². The summed E-state index contributed by atoms with van der Waals surface area (Å²) in [5.41, 5.74) is 2.42. The SMILES string of the molecule is COc1ccc(/C=C\c2cc(OC)c(OC)c(OC)c2)cc1OCC(=O)Nc1nc2cc(Cl)ccc2s1. The Morgan fingerprint density at radius 1 is 0.865 bits per heavy atom. The minimum absolute atomic E-state index is 0.215. The molecule has 0 aliphatic rings. The molecule has 0 bridgehead atoms. The highest BCUT2D eigenvalue weighted by molar-refractivity contribution is 7.22. The van der Waals surface area contributed by atoms with Crippen molar-refractivity contribution in [1.82, 2.24) is 4.98 Å². The molecule has 0 saturated carbocycles. The molecule has 1 amide bonds. The van der Waals surface area contributed by atoms with Gasteiger partial charge in [0.05, 0.1) is 38.7 Å². The fourth-order valence-corrected chi connectivity index (χ4v) is 4.58. The van der Waals surface area contributed by atoms with Crippen LogP contribution >= 0.6 is 22.9 Å². The summed E-state index contributed by atoms with van der Waals surface area (Å²) in [5.74, 6) is 2.24. The number of benzene rings is 3. The molecule has 0 aliphatic carbocycles. The van der Waals surface area contributed by atoms with E-state index in [1.165, 1.54) is 11.3 Å². The van der Waals surface area contributed by atoms with Crippen LogP contribution in [-0.2, 0) is 4.79 Å². The van der Waals surface area contributed by atoms with Gasteiger partial charge in [0.1, 0.15) is 0 Å². The van der Waals surface area contributed by atoms with Gasteiger partial charge < -0.3 is 23.7 Å². The van der Waals surface area contributed by atoms with E-state index < -0.39 is 0 Å². The average Bonchev–Trinajstić information content (AvgIpc) is 3.31. The molecular weight excluding hydrogens is 516 g/mol. The van der Waals surface area contributed by atoms with E-state index in [0.717, 1.165) is 21.3 Å². The Morgan fingerprint density at radius 3 is 2.22 bits per heavy atom. The van der Waals surface area contributed by atoms with E-state index >= 15 is 0 Å². The van der Waals surface area contributed by atoms with Crippen LogP contribution in [0.4, 0.5) is 5.13 Å². The van der Waals surface area contributed by atoms with Crippen molar-refractivity contribution in [3.05, 3.63) is 64.7 Å². The number of fused-ring (bicyclic) bond motifs is 1. The van der Waals surface area contributed by atoms with Crippen LogP contribution in [0.2, 0.25) is 5.02 Å². The Bertz CT molecular complexity index is 1430. The first-order valence-electron chi connectivity index (χ1n) is 11.1. The quantitative estimate of drug-likeness (QED) is 0.240. The van der Waals surface area contributed by atoms with Gasteiger partial charge in [0.25, 0.3) is 5.91 Å². The monoisotopic (exact) mass is 540 g/mol. The van der Waals surface area contributed by atoms with Crippen LogP contribution in [0.1, 0.15) is 11.1 Å². The van der Waals surface area contributed by atoms with Crippen molar-refractivity contribution in [1.29, 1.82) is 0 Å². The predicted octanol–water partition coefficient (Wildman–Crippen LogP) is 6.17. The molecule has 37 heavy (non-hydrogen) atoms. The molecule has 0 unspecified atom stereocenters. The summed E-state index contributed by atoms with van der Waals surface area (Å²) in [6.07, 6.45) is 3.81. The molecule has 0 saturated heterocycles. The van der Waals surface area contributed by atoms with Gasteiger partial charge in [0, 0.05) is 5.02 Å². The van der Waals surface area contributed by atoms with E-state index in [-0.39, 0.29) is 12.5 Å². The minimum atomic E-state index is -0.342. The Morgan fingerprint density at radius 2 is 1.54 bits per heavy atom. The highest BCUT2D eigenvalue weighted by atomic mass is 35.5. The Balaban J connectivity index is 1.46. The summed E-state index contributed by atoms with van der Waals surface area (Å²) in [7, 11) is 6.24. The first-order chi connectivity index (χ1) is 17.9. The topological polar surface area (TPSA) is 88.1 Å². The molecule has 0 spiro atoms. The summed E-state index contributed by atoms with van der Waals surface area (Å²) in [6, 6.07) is 14.5. The van der Waals surface area contributed by atoms with Crippen molar-refractivity contribution in [3.8, 4) is 28.7 Å². The molecule has 8 nitrogen and oxygen atoms in total. The second-order valence-electron chi connectivity index (χ2n) is 7.67. The number of halogens is 1. The van der Waals surface area contributed by atoms with E-state index in [1.54, 1.807) is 52.7 Å². The maximum absolute atomic E-state index is 12.5. The smallest absolute Gasteiger partial charge is 0.264 e. The summed E-state index contributed by atoms with van der Waals surface area (Å²) in [5, 5.41) is 3.82. The van der Waals surface area contributed by atoms with Crippen LogP contribution in [0, 0.1) is 0 Å². The third-order valence-electron chi connectivity index (χ3n) is 5.30. The number of nitrogens with one attached hydrogen (secondary N) is 1. The lowest BCUT2D eigenvalue weighted by Crippen LogP contribution is -2.20. The van der Waals surface area contributed by atoms with Crippen molar-refractivity contribution in [2.75, 3.05) is 40.4 Å². The lowest BCUT2D eigenvalue weighted by molar-refractivity contribution is -0.118. The molecule has 0 atom stereocenters. The molecule has 0 aliphatic heterocycles. The largest absolute Gasteiger partial charge is 0.493 e. The van der Waals surface area contributed by atoms with Crippen molar-refractivity contribution >= 4 is 56.3 Å². The summed E-state index contributed by atoms with van der Waals surface area (Å²) in [6.45, 7) is -0.215. The van der Waals surface area contributed by atoms with Gasteiger partial charge in [0.15, 0.2) is 34.7 Å². The molecule has 0 fully saturated rings. The molecule has 0 radical (unpaired) electrons. The zero-order valence-corrected chi connectivity index (χ0v) is 22.2. The van der Waals surface area contributed by atoms with Crippen LogP contribution < -0.4 is 29.0 Å². The van der Waals surface area contributed by atoms with Crippen LogP contribution in [0.25, 0.3) is 22.4 Å². The number of amides is 1. The van der Waals surface area contributed by atoms with Crippen molar-refractivity contribution < 1.29 is 28.5 Å². The second-order valence-corrected chi connectivity index (χ2v) is 9.14. The number of carbonyl (C=O) groups is 1. The van der Waals surface area contributed by atoms with E-state index in [0.29, 0.717) is 38.9 Å². The number of thiazole rings is 1. The van der Waals surface area contributed by atoms with E-state index in [1.807, 2.05) is 36.4 Å². The average molecular weight is 541 g/mol. The normalized spacial score (nSPS) is 10.9. The number of methoxy groups -OCH3 is 4. The predicted molar refractivity (Wildman–Crippen MR) is 147 cm³/mol. The van der Waals surface area contributed by atoms with Gasteiger partial charge in [-0.1, -0.05) is 41.2 Å². The van der Waals surface area contributed by atoms with Crippen LogP contribution in [-0.4, -0.2) is 45.9 Å². The van der Waals surface area contributed by atoms with E-state index in [2.05, 4.69) is 10.3 Å². The van der Waals surface area contributed by atoms with Gasteiger partial charge in [-0.25, -0.2) is 4.98 Å².